The van der Waals surface area contributed by atoms with Crippen LogP contribution in [-0.2, 0) is 4.79 Å². The Morgan fingerprint density at radius 1 is 1.10 bits per heavy atom. The van der Waals surface area contributed by atoms with Crippen molar-refractivity contribution in [3.8, 4) is 11.1 Å². The molecular formula is C23H21N3O2S2. The summed E-state index contributed by atoms with van der Waals surface area (Å²) in [4.78, 5) is 33.1. The van der Waals surface area contributed by atoms with E-state index in [1.807, 2.05) is 68.6 Å². The van der Waals surface area contributed by atoms with Crippen molar-refractivity contribution in [2.24, 2.45) is 0 Å². The quantitative estimate of drug-likeness (QED) is 0.329. The van der Waals surface area contributed by atoms with Crippen molar-refractivity contribution < 1.29 is 4.79 Å². The summed E-state index contributed by atoms with van der Waals surface area (Å²) >= 11 is 2.66. The summed E-state index contributed by atoms with van der Waals surface area (Å²) < 4.78 is 0. The maximum atomic E-state index is 12.7. The number of aromatic nitrogens is 2. The number of aromatic amines is 1. The van der Waals surface area contributed by atoms with E-state index in [-0.39, 0.29) is 17.2 Å². The molecule has 0 saturated carbocycles. The zero-order chi connectivity index (χ0) is 21.3. The molecule has 30 heavy (non-hydrogen) atoms. The Bertz CT molecular complexity index is 1290. The Labute approximate surface area is 182 Å². The number of H-pyrrole nitrogens is 1. The van der Waals surface area contributed by atoms with E-state index in [1.165, 1.54) is 34.2 Å². The van der Waals surface area contributed by atoms with Gasteiger partial charge in [0, 0.05) is 16.6 Å². The van der Waals surface area contributed by atoms with Crippen molar-refractivity contribution in [2.45, 2.75) is 25.9 Å². The zero-order valence-corrected chi connectivity index (χ0v) is 18.5. The molecule has 0 unspecified atom stereocenters. The molecule has 152 valence electrons. The lowest BCUT2D eigenvalue weighted by Gasteiger charge is -2.07. The summed E-state index contributed by atoms with van der Waals surface area (Å²) in [6.07, 6.45) is 0. The first-order valence-electron chi connectivity index (χ1n) is 9.49. The SMILES string of the molecule is Cc1ccc(-c2csc3nc(SCC(=O)Nc4ccc(C)c(C)c4)[nH]c(=O)c23)cc1. The zero-order valence-electron chi connectivity index (χ0n) is 16.9. The van der Waals surface area contributed by atoms with Crippen molar-refractivity contribution in [1.29, 1.82) is 0 Å². The second-order valence-electron chi connectivity index (χ2n) is 7.20. The lowest BCUT2D eigenvalue weighted by atomic mass is 10.1. The van der Waals surface area contributed by atoms with Gasteiger partial charge in [0.05, 0.1) is 11.1 Å². The third kappa shape index (κ3) is 4.32. The second kappa shape index (κ2) is 8.45. The van der Waals surface area contributed by atoms with Gasteiger partial charge in [-0.3, -0.25) is 9.59 Å². The van der Waals surface area contributed by atoms with Gasteiger partial charge in [0.2, 0.25) is 5.91 Å². The molecule has 1 amide bonds. The predicted molar refractivity (Wildman–Crippen MR) is 126 cm³/mol. The number of anilines is 1. The van der Waals surface area contributed by atoms with Gasteiger partial charge in [0.25, 0.3) is 5.56 Å². The monoisotopic (exact) mass is 435 g/mol. The van der Waals surface area contributed by atoms with Gasteiger partial charge in [0.15, 0.2) is 5.16 Å². The number of thioether (sulfide) groups is 1. The smallest absolute Gasteiger partial charge is 0.260 e. The molecule has 0 atom stereocenters. The molecule has 0 spiro atoms. The van der Waals surface area contributed by atoms with Gasteiger partial charge in [-0.05, 0) is 49.6 Å². The summed E-state index contributed by atoms with van der Waals surface area (Å²) in [6, 6.07) is 13.9. The van der Waals surface area contributed by atoms with Crippen molar-refractivity contribution >= 4 is 44.9 Å². The number of thiophene rings is 1. The molecule has 2 aromatic carbocycles. The van der Waals surface area contributed by atoms with E-state index in [4.69, 9.17) is 0 Å². The van der Waals surface area contributed by atoms with Crippen molar-refractivity contribution in [3.05, 3.63) is 74.9 Å². The van der Waals surface area contributed by atoms with E-state index in [0.29, 0.717) is 15.4 Å². The highest BCUT2D eigenvalue weighted by molar-refractivity contribution is 7.99. The Balaban J connectivity index is 1.50. The standard InChI is InChI=1S/C23H21N3O2S2/c1-13-4-7-16(8-5-13)18-11-29-22-20(18)21(28)25-23(26-22)30-12-19(27)24-17-9-6-14(2)15(3)10-17/h4-11H,12H2,1-3H3,(H,24,27)(H,25,26,28). The van der Waals surface area contributed by atoms with Crippen LogP contribution in [-0.4, -0.2) is 21.6 Å². The van der Waals surface area contributed by atoms with E-state index in [2.05, 4.69) is 15.3 Å². The average Bonchev–Trinajstić information content (AvgIpc) is 3.14. The Morgan fingerprint density at radius 3 is 2.60 bits per heavy atom. The molecule has 0 aliphatic heterocycles. The van der Waals surface area contributed by atoms with Gasteiger partial charge < -0.3 is 10.3 Å². The Morgan fingerprint density at radius 2 is 1.87 bits per heavy atom. The maximum Gasteiger partial charge on any atom is 0.260 e. The highest BCUT2D eigenvalue weighted by atomic mass is 32.2. The van der Waals surface area contributed by atoms with Gasteiger partial charge in [-0.25, -0.2) is 4.98 Å². The first-order valence-corrected chi connectivity index (χ1v) is 11.4. The van der Waals surface area contributed by atoms with Crippen LogP contribution in [0.15, 0.2) is 57.8 Å². The summed E-state index contributed by atoms with van der Waals surface area (Å²) in [6.45, 7) is 6.07. The van der Waals surface area contributed by atoms with Crippen LogP contribution in [0.5, 0.6) is 0 Å². The minimum absolute atomic E-state index is 0.141. The molecule has 2 heterocycles. The van der Waals surface area contributed by atoms with Crippen molar-refractivity contribution in [1.82, 2.24) is 9.97 Å². The number of hydrogen-bond acceptors (Lipinski definition) is 5. The number of fused-ring (bicyclic) bond motifs is 1. The lowest BCUT2D eigenvalue weighted by Crippen LogP contribution is -2.15. The minimum atomic E-state index is -0.186. The summed E-state index contributed by atoms with van der Waals surface area (Å²) in [5.41, 5.74) is 5.93. The van der Waals surface area contributed by atoms with E-state index in [0.717, 1.165) is 22.4 Å². The van der Waals surface area contributed by atoms with Crippen LogP contribution in [0.4, 0.5) is 5.69 Å². The van der Waals surface area contributed by atoms with Gasteiger partial charge in [0.1, 0.15) is 4.83 Å². The molecular weight excluding hydrogens is 414 g/mol. The number of nitrogens with zero attached hydrogens (tertiary/aromatic N) is 1. The molecule has 0 bridgehead atoms. The molecule has 7 heteroatoms. The number of nitrogens with one attached hydrogen (secondary N) is 2. The number of carbonyl (C=O) groups excluding carboxylic acids is 1. The first-order chi connectivity index (χ1) is 14.4. The Hall–Kier alpha value is -2.90. The molecule has 0 saturated heterocycles. The van der Waals surface area contributed by atoms with E-state index >= 15 is 0 Å². The molecule has 2 N–H and O–H groups in total. The number of carbonyl (C=O) groups is 1. The highest BCUT2D eigenvalue weighted by Gasteiger charge is 2.14. The van der Waals surface area contributed by atoms with E-state index in [1.54, 1.807) is 0 Å². The van der Waals surface area contributed by atoms with Crippen LogP contribution in [0, 0.1) is 20.8 Å². The number of benzene rings is 2. The number of amides is 1. The first kappa shape index (κ1) is 20.4. The number of hydrogen-bond donors (Lipinski definition) is 2. The fourth-order valence-electron chi connectivity index (χ4n) is 3.09. The number of rotatable bonds is 5. The average molecular weight is 436 g/mol. The normalized spacial score (nSPS) is 11.0. The van der Waals surface area contributed by atoms with Crippen LogP contribution in [0.25, 0.3) is 21.3 Å². The van der Waals surface area contributed by atoms with E-state index in [9.17, 15) is 9.59 Å². The van der Waals surface area contributed by atoms with Crippen LogP contribution in [0.3, 0.4) is 0 Å². The fraction of sp³-hybridized carbons (Fsp3) is 0.174. The predicted octanol–water partition coefficient (Wildman–Crippen LogP) is 5.31. The van der Waals surface area contributed by atoms with Gasteiger partial charge in [-0.2, -0.15) is 0 Å². The fourth-order valence-corrected chi connectivity index (χ4v) is 4.76. The molecule has 5 nitrogen and oxygen atoms in total. The third-order valence-corrected chi connectivity index (χ3v) is 6.66. The molecule has 0 radical (unpaired) electrons. The molecule has 4 rings (SSSR count). The van der Waals surface area contributed by atoms with Crippen LogP contribution in [0.1, 0.15) is 16.7 Å². The summed E-state index contributed by atoms with van der Waals surface area (Å²) in [7, 11) is 0. The third-order valence-electron chi connectivity index (χ3n) is 4.92. The molecule has 4 aromatic rings. The minimum Gasteiger partial charge on any atom is -0.325 e. The van der Waals surface area contributed by atoms with E-state index < -0.39 is 0 Å². The number of aryl methyl sites for hydroxylation is 3. The maximum absolute atomic E-state index is 12.7. The van der Waals surface area contributed by atoms with Crippen LogP contribution >= 0.6 is 23.1 Å². The topological polar surface area (TPSA) is 74.8 Å². The van der Waals surface area contributed by atoms with Crippen molar-refractivity contribution in [2.75, 3.05) is 11.1 Å². The van der Waals surface area contributed by atoms with Crippen LogP contribution < -0.4 is 10.9 Å². The highest BCUT2D eigenvalue weighted by Crippen LogP contribution is 2.31. The molecule has 0 aliphatic carbocycles. The van der Waals surface area contributed by atoms with Gasteiger partial charge in [-0.1, -0.05) is 47.7 Å². The molecule has 2 aromatic heterocycles. The molecule has 0 fully saturated rings. The second-order valence-corrected chi connectivity index (χ2v) is 9.02. The van der Waals surface area contributed by atoms with Gasteiger partial charge >= 0.3 is 0 Å². The van der Waals surface area contributed by atoms with Crippen molar-refractivity contribution in [3.63, 3.8) is 0 Å². The summed E-state index contributed by atoms with van der Waals surface area (Å²) in [5, 5.41) is 5.88. The van der Waals surface area contributed by atoms with Crippen LogP contribution in [0.2, 0.25) is 0 Å². The lowest BCUT2D eigenvalue weighted by molar-refractivity contribution is -0.113. The molecule has 0 aliphatic rings. The Kier molecular flexibility index (Phi) is 5.74. The largest absolute Gasteiger partial charge is 0.325 e. The van der Waals surface area contributed by atoms with Gasteiger partial charge in [-0.15, -0.1) is 11.3 Å². The summed E-state index contributed by atoms with van der Waals surface area (Å²) in [5.74, 6) is 0.0231.